The van der Waals surface area contributed by atoms with Crippen LogP contribution in [0.2, 0.25) is 0 Å². The lowest BCUT2D eigenvalue weighted by Crippen LogP contribution is -3.11. The summed E-state index contributed by atoms with van der Waals surface area (Å²) in [6, 6.07) is 14.7. The average molecular weight is 417 g/mol. The molecule has 0 aliphatic carbocycles. The van der Waals surface area contributed by atoms with Gasteiger partial charge in [0.15, 0.2) is 21.4 Å². The minimum Gasteiger partial charge on any atom is -0.321 e. The lowest BCUT2D eigenvalue weighted by atomic mass is 10.2. The SMILES string of the molecule is CS(=O)(=O)c1cccc(NC(=O)C[NH+]2CCC[C@H]2c2nc3ccccc3s2)c1. The van der Waals surface area contributed by atoms with Crippen LogP contribution < -0.4 is 10.2 Å². The largest absolute Gasteiger partial charge is 0.321 e. The van der Waals surface area contributed by atoms with Gasteiger partial charge in [-0.1, -0.05) is 18.2 Å². The Balaban J connectivity index is 1.46. The molecule has 2 heterocycles. The van der Waals surface area contributed by atoms with Gasteiger partial charge in [0.05, 0.1) is 21.7 Å². The number of thiazole rings is 1. The van der Waals surface area contributed by atoms with Crippen molar-refractivity contribution in [2.75, 3.05) is 24.7 Å². The normalized spacial score (nSPS) is 19.8. The second-order valence-corrected chi connectivity index (χ2v) is 10.2. The Morgan fingerprint density at radius 2 is 2.07 bits per heavy atom. The number of anilines is 1. The number of quaternary nitrogens is 1. The van der Waals surface area contributed by atoms with Crippen LogP contribution >= 0.6 is 11.3 Å². The van der Waals surface area contributed by atoms with Crippen LogP contribution in [0.1, 0.15) is 23.9 Å². The van der Waals surface area contributed by atoms with Crippen molar-refractivity contribution >= 4 is 43.0 Å². The van der Waals surface area contributed by atoms with Crippen LogP contribution in [0.15, 0.2) is 53.4 Å². The molecule has 2 atom stereocenters. The van der Waals surface area contributed by atoms with Crippen molar-refractivity contribution in [1.29, 1.82) is 0 Å². The molecule has 1 fully saturated rings. The number of likely N-dealkylation sites (tertiary alicyclic amines) is 1. The van der Waals surface area contributed by atoms with Crippen molar-refractivity contribution in [3.05, 3.63) is 53.5 Å². The Kier molecular flexibility index (Phi) is 5.18. The van der Waals surface area contributed by atoms with E-state index in [0.717, 1.165) is 36.2 Å². The van der Waals surface area contributed by atoms with E-state index in [0.29, 0.717) is 12.2 Å². The summed E-state index contributed by atoms with van der Waals surface area (Å²) in [5.41, 5.74) is 1.51. The van der Waals surface area contributed by atoms with E-state index in [1.54, 1.807) is 23.5 Å². The van der Waals surface area contributed by atoms with Gasteiger partial charge in [-0.15, -0.1) is 11.3 Å². The van der Waals surface area contributed by atoms with Gasteiger partial charge in [-0.25, -0.2) is 13.4 Å². The summed E-state index contributed by atoms with van der Waals surface area (Å²) in [5.74, 6) is -0.117. The first kappa shape index (κ1) is 19.0. The molecule has 1 aliphatic rings. The number of carbonyl (C=O) groups is 1. The fourth-order valence-electron chi connectivity index (χ4n) is 3.68. The van der Waals surface area contributed by atoms with Crippen molar-refractivity contribution in [3.8, 4) is 0 Å². The zero-order valence-electron chi connectivity index (χ0n) is 15.5. The van der Waals surface area contributed by atoms with Crippen molar-refractivity contribution in [3.63, 3.8) is 0 Å². The van der Waals surface area contributed by atoms with Gasteiger partial charge in [-0.3, -0.25) is 4.79 Å². The van der Waals surface area contributed by atoms with Crippen LogP contribution in [-0.2, 0) is 14.6 Å². The summed E-state index contributed by atoms with van der Waals surface area (Å²) >= 11 is 1.70. The molecule has 1 unspecified atom stereocenters. The van der Waals surface area contributed by atoms with Crippen LogP contribution in [0.25, 0.3) is 10.2 Å². The third-order valence-electron chi connectivity index (χ3n) is 5.03. The maximum absolute atomic E-state index is 12.6. The molecule has 3 aromatic rings. The summed E-state index contributed by atoms with van der Waals surface area (Å²) in [5, 5.41) is 3.92. The molecule has 4 rings (SSSR count). The molecule has 6 nitrogen and oxygen atoms in total. The van der Waals surface area contributed by atoms with Crippen molar-refractivity contribution in [1.82, 2.24) is 4.98 Å². The molecule has 0 radical (unpaired) electrons. The van der Waals surface area contributed by atoms with E-state index in [-0.39, 0.29) is 16.8 Å². The maximum Gasteiger partial charge on any atom is 0.279 e. The van der Waals surface area contributed by atoms with E-state index in [2.05, 4.69) is 11.4 Å². The van der Waals surface area contributed by atoms with E-state index in [1.807, 2.05) is 18.2 Å². The minimum absolute atomic E-state index is 0.117. The quantitative estimate of drug-likeness (QED) is 0.667. The minimum atomic E-state index is -3.30. The number of rotatable bonds is 5. The zero-order valence-corrected chi connectivity index (χ0v) is 17.1. The molecule has 8 heteroatoms. The molecule has 0 saturated carbocycles. The van der Waals surface area contributed by atoms with Gasteiger partial charge < -0.3 is 10.2 Å². The molecule has 146 valence electrons. The lowest BCUT2D eigenvalue weighted by Gasteiger charge is -2.19. The predicted octanol–water partition coefficient (Wildman–Crippen LogP) is 2.06. The Morgan fingerprint density at radius 3 is 2.86 bits per heavy atom. The number of carbonyl (C=O) groups excluding carboxylic acids is 1. The summed E-state index contributed by atoms with van der Waals surface area (Å²) in [4.78, 5) is 18.8. The number of hydrogen-bond acceptors (Lipinski definition) is 5. The molecule has 1 saturated heterocycles. The number of para-hydroxylation sites is 1. The highest BCUT2D eigenvalue weighted by Gasteiger charge is 2.34. The third kappa shape index (κ3) is 4.09. The first-order valence-electron chi connectivity index (χ1n) is 9.20. The van der Waals surface area contributed by atoms with Crippen molar-refractivity contribution in [2.24, 2.45) is 0 Å². The standard InChI is InChI=1S/C20H21N3O3S2/c1-28(25,26)15-7-4-6-14(12-15)21-19(24)13-23-11-5-9-17(23)20-22-16-8-2-3-10-18(16)27-20/h2-4,6-8,10,12,17H,5,9,11,13H2,1H3,(H,21,24)/p+1/t17-/m0/s1. The molecule has 2 N–H and O–H groups in total. The highest BCUT2D eigenvalue weighted by atomic mass is 32.2. The van der Waals surface area contributed by atoms with Gasteiger partial charge in [0.1, 0.15) is 6.04 Å². The molecule has 0 bridgehead atoms. The Morgan fingerprint density at radius 1 is 1.25 bits per heavy atom. The number of hydrogen-bond donors (Lipinski definition) is 2. The van der Waals surface area contributed by atoms with Gasteiger partial charge in [0.2, 0.25) is 0 Å². The number of sulfone groups is 1. The molecule has 1 amide bonds. The van der Waals surface area contributed by atoms with Crippen molar-refractivity contribution < 1.29 is 18.1 Å². The highest BCUT2D eigenvalue weighted by Crippen LogP contribution is 2.28. The Labute approximate surface area is 168 Å². The van der Waals surface area contributed by atoms with Gasteiger partial charge in [0, 0.05) is 24.8 Å². The molecule has 1 aliphatic heterocycles. The van der Waals surface area contributed by atoms with E-state index >= 15 is 0 Å². The third-order valence-corrected chi connectivity index (χ3v) is 7.29. The van der Waals surface area contributed by atoms with E-state index in [9.17, 15) is 13.2 Å². The molecule has 28 heavy (non-hydrogen) atoms. The second kappa shape index (κ2) is 7.62. The van der Waals surface area contributed by atoms with Gasteiger partial charge in [0.25, 0.3) is 5.91 Å². The summed E-state index contributed by atoms with van der Waals surface area (Å²) < 4.78 is 24.6. The predicted molar refractivity (Wildman–Crippen MR) is 110 cm³/mol. The second-order valence-electron chi connectivity index (χ2n) is 7.15. The van der Waals surface area contributed by atoms with E-state index in [4.69, 9.17) is 4.98 Å². The monoisotopic (exact) mass is 416 g/mol. The van der Waals surface area contributed by atoms with Crippen molar-refractivity contribution in [2.45, 2.75) is 23.8 Å². The zero-order chi connectivity index (χ0) is 19.7. The van der Waals surface area contributed by atoms with Crippen LogP contribution in [0.4, 0.5) is 5.69 Å². The topological polar surface area (TPSA) is 80.6 Å². The number of amides is 1. The van der Waals surface area contributed by atoms with Crippen LogP contribution in [0.3, 0.4) is 0 Å². The average Bonchev–Trinajstić information content (AvgIpc) is 3.27. The van der Waals surface area contributed by atoms with Crippen LogP contribution in [0, 0.1) is 0 Å². The number of benzene rings is 2. The molecular formula is C20H22N3O3S2+. The number of nitrogens with zero attached hydrogens (tertiary/aromatic N) is 1. The number of aromatic nitrogens is 1. The van der Waals surface area contributed by atoms with Crippen LogP contribution in [0.5, 0.6) is 0 Å². The number of fused-ring (bicyclic) bond motifs is 1. The number of nitrogens with one attached hydrogen (secondary N) is 2. The van der Waals surface area contributed by atoms with Crippen LogP contribution in [-0.4, -0.2) is 38.7 Å². The first-order chi connectivity index (χ1) is 13.4. The first-order valence-corrected chi connectivity index (χ1v) is 11.9. The molecular weight excluding hydrogens is 394 g/mol. The summed E-state index contributed by atoms with van der Waals surface area (Å²) in [6.07, 6.45) is 3.24. The van der Waals surface area contributed by atoms with E-state index in [1.165, 1.54) is 21.7 Å². The Bertz CT molecular complexity index is 1090. The molecule has 1 aromatic heterocycles. The fraction of sp³-hybridized carbons (Fsp3) is 0.300. The van der Waals surface area contributed by atoms with Gasteiger partial charge in [-0.2, -0.15) is 0 Å². The lowest BCUT2D eigenvalue weighted by molar-refractivity contribution is -0.910. The molecule has 0 spiro atoms. The smallest absolute Gasteiger partial charge is 0.279 e. The van der Waals surface area contributed by atoms with Gasteiger partial charge >= 0.3 is 0 Å². The Hall–Kier alpha value is -2.29. The van der Waals surface area contributed by atoms with Gasteiger partial charge in [-0.05, 0) is 30.3 Å². The van der Waals surface area contributed by atoms with E-state index < -0.39 is 9.84 Å². The summed E-state index contributed by atoms with van der Waals surface area (Å²) in [7, 11) is -3.30. The highest BCUT2D eigenvalue weighted by molar-refractivity contribution is 7.90. The fourth-order valence-corrected chi connectivity index (χ4v) is 5.50. The molecule has 2 aromatic carbocycles. The maximum atomic E-state index is 12.6. The summed E-state index contributed by atoms with van der Waals surface area (Å²) in [6.45, 7) is 1.26.